The first-order valence-corrected chi connectivity index (χ1v) is 13.5. The van der Waals surface area contributed by atoms with Gasteiger partial charge in [-0.05, 0) is 34.1 Å². The van der Waals surface area contributed by atoms with E-state index in [0.717, 1.165) is 0 Å². The van der Waals surface area contributed by atoms with Crippen molar-refractivity contribution in [1.29, 1.82) is 5.26 Å². The standard InChI is InChI=1S/C23H38N3O8P/c1-13(2)26(14(3)4)35(30-11-7-9-24)31-12-8-10-25-21(27)15-16(22(25)28)18-20-19(17(15)32-18)33-23(5,29-6)34-20/h13-21,27H,7-8,10-12H2,1-6H3. The third-order valence-corrected chi connectivity index (χ3v) is 9.25. The lowest BCUT2D eigenvalue weighted by atomic mass is 9.78. The van der Waals surface area contributed by atoms with Crippen LogP contribution >= 0.6 is 8.53 Å². The quantitative estimate of drug-likeness (QED) is 0.305. The summed E-state index contributed by atoms with van der Waals surface area (Å²) in [5.74, 6) is -2.10. The van der Waals surface area contributed by atoms with Crippen LogP contribution in [-0.4, -0.2) is 96.2 Å². The molecule has 1 N–H and O–H groups in total. The number of fused-ring (bicyclic) bond motifs is 8. The molecule has 35 heavy (non-hydrogen) atoms. The van der Waals surface area contributed by atoms with Gasteiger partial charge in [0.15, 0.2) is 0 Å². The van der Waals surface area contributed by atoms with Crippen LogP contribution in [0.2, 0.25) is 0 Å². The van der Waals surface area contributed by atoms with E-state index >= 15 is 0 Å². The van der Waals surface area contributed by atoms with Crippen LogP contribution in [0.3, 0.4) is 0 Å². The number of carbonyl (C=O) groups excluding carboxylic acids is 1. The molecule has 12 heteroatoms. The average Bonchev–Trinajstić information content (AvgIpc) is 3.50. The summed E-state index contributed by atoms with van der Waals surface area (Å²) in [7, 11) is 0.170. The van der Waals surface area contributed by atoms with Gasteiger partial charge in [-0.15, -0.1) is 0 Å². The molecule has 9 atom stereocenters. The smallest absolute Gasteiger partial charge is 0.280 e. The summed E-state index contributed by atoms with van der Waals surface area (Å²) in [6, 6.07) is 2.52. The fourth-order valence-corrected chi connectivity index (χ4v) is 7.37. The van der Waals surface area contributed by atoms with E-state index in [0.29, 0.717) is 32.6 Å². The van der Waals surface area contributed by atoms with E-state index < -0.39 is 45.0 Å². The number of nitrogens with zero attached hydrogens (tertiary/aromatic N) is 3. The fourth-order valence-electron chi connectivity index (χ4n) is 5.74. The van der Waals surface area contributed by atoms with E-state index in [1.165, 1.54) is 12.0 Å². The Hall–Kier alpha value is -0.930. The predicted molar refractivity (Wildman–Crippen MR) is 124 cm³/mol. The Morgan fingerprint density at radius 1 is 1.14 bits per heavy atom. The van der Waals surface area contributed by atoms with E-state index in [1.54, 1.807) is 6.92 Å². The summed E-state index contributed by atoms with van der Waals surface area (Å²) in [5.41, 5.74) is 0. The van der Waals surface area contributed by atoms with E-state index in [4.69, 9.17) is 33.3 Å². The van der Waals surface area contributed by atoms with Crippen molar-refractivity contribution in [3.05, 3.63) is 0 Å². The molecule has 0 spiro atoms. The minimum Gasteiger partial charge on any atom is -0.373 e. The number of aliphatic hydroxyl groups is 1. The number of amides is 1. The van der Waals surface area contributed by atoms with Crippen LogP contribution in [0, 0.1) is 23.2 Å². The van der Waals surface area contributed by atoms with Crippen molar-refractivity contribution in [3.63, 3.8) is 0 Å². The van der Waals surface area contributed by atoms with Gasteiger partial charge in [0, 0.05) is 38.6 Å². The zero-order chi connectivity index (χ0) is 25.5. The van der Waals surface area contributed by atoms with Gasteiger partial charge in [-0.3, -0.25) is 4.79 Å². The second-order valence-corrected chi connectivity index (χ2v) is 11.5. The van der Waals surface area contributed by atoms with Crippen LogP contribution in [0.4, 0.5) is 0 Å². The zero-order valence-electron chi connectivity index (χ0n) is 21.3. The first-order chi connectivity index (χ1) is 16.6. The number of likely N-dealkylation sites (tertiary alicyclic amines) is 1. The van der Waals surface area contributed by atoms with Gasteiger partial charge in [0.05, 0.1) is 43.8 Å². The lowest BCUT2D eigenvalue weighted by molar-refractivity contribution is -0.330. The van der Waals surface area contributed by atoms with Crippen LogP contribution in [0.5, 0.6) is 0 Å². The molecule has 0 radical (unpaired) electrons. The predicted octanol–water partition coefficient (Wildman–Crippen LogP) is 1.95. The highest BCUT2D eigenvalue weighted by atomic mass is 31.2. The van der Waals surface area contributed by atoms with Crippen LogP contribution in [-0.2, 0) is 32.8 Å². The maximum Gasteiger partial charge on any atom is 0.280 e. The van der Waals surface area contributed by atoms with E-state index in [-0.39, 0.29) is 30.0 Å². The number of rotatable bonds is 12. The van der Waals surface area contributed by atoms with Gasteiger partial charge < -0.3 is 38.0 Å². The molecule has 0 aromatic carbocycles. The lowest BCUT2D eigenvalue weighted by Crippen LogP contribution is -2.47. The summed E-state index contributed by atoms with van der Waals surface area (Å²) >= 11 is 0. The van der Waals surface area contributed by atoms with Gasteiger partial charge in [0.25, 0.3) is 14.5 Å². The highest BCUT2D eigenvalue weighted by molar-refractivity contribution is 7.44. The number of aliphatic hydroxyl groups excluding tert-OH is 1. The highest BCUT2D eigenvalue weighted by Gasteiger charge is 2.72. The maximum absolute atomic E-state index is 13.3. The van der Waals surface area contributed by atoms with Crippen LogP contribution in [0.25, 0.3) is 0 Å². The molecule has 0 saturated carbocycles. The normalized spacial score (nSPS) is 38.6. The van der Waals surface area contributed by atoms with Gasteiger partial charge in [0.2, 0.25) is 5.91 Å². The molecule has 4 heterocycles. The van der Waals surface area contributed by atoms with Crippen molar-refractivity contribution in [2.75, 3.05) is 26.9 Å². The lowest BCUT2D eigenvalue weighted by Gasteiger charge is -2.35. The van der Waals surface area contributed by atoms with Crippen LogP contribution in [0.1, 0.15) is 47.5 Å². The molecule has 0 aromatic heterocycles. The average molecular weight is 516 g/mol. The number of hydrogen-bond acceptors (Lipinski definition) is 10. The molecule has 4 saturated heterocycles. The summed E-state index contributed by atoms with van der Waals surface area (Å²) in [4.78, 5) is 14.8. The zero-order valence-corrected chi connectivity index (χ0v) is 22.2. The molecule has 11 nitrogen and oxygen atoms in total. The Kier molecular flexibility index (Phi) is 8.38. The van der Waals surface area contributed by atoms with Crippen molar-refractivity contribution in [3.8, 4) is 6.07 Å². The van der Waals surface area contributed by atoms with Crippen molar-refractivity contribution in [2.24, 2.45) is 11.8 Å². The summed E-state index contributed by atoms with van der Waals surface area (Å²) in [5, 5.41) is 19.9. The van der Waals surface area contributed by atoms with Crippen molar-refractivity contribution in [1.82, 2.24) is 9.57 Å². The second kappa shape index (κ2) is 10.8. The Morgan fingerprint density at radius 2 is 1.77 bits per heavy atom. The third kappa shape index (κ3) is 4.98. The highest BCUT2D eigenvalue weighted by Crippen LogP contribution is 2.55. The number of ether oxygens (including phenoxy) is 4. The van der Waals surface area contributed by atoms with Crippen molar-refractivity contribution < 1.29 is 37.9 Å². The molecule has 2 bridgehead atoms. The van der Waals surface area contributed by atoms with Gasteiger partial charge in [-0.1, -0.05) is 0 Å². The molecule has 0 aliphatic carbocycles. The topological polar surface area (TPSA) is 123 Å². The number of carbonyl (C=O) groups is 1. The largest absolute Gasteiger partial charge is 0.373 e. The van der Waals surface area contributed by atoms with Crippen LogP contribution in [0.15, 0.2) is 0 Å². The molecular weight excluding hydrogens is 477 g/mol. The fraction of sp³-hybridized carbons (Fsp3) is 0.913. The monoisotopic (exact) mass is 515 g/mol. The Labute approximate surface area is 208 Å². The first kappa shape index (κ1) is 27.1. The summed E-state index contributed by atoms with van der Waals surface area (Å²) in [6.07, 6.45) is -1.74. The Bertz CT molecular complexity index is 804. The van der Waals surface area contributed by atoms with Gasteiger partial charge in [-0.25, -0.2) is 4.67 Å². The van der Waals surface area contributed by atoms with Crippen LogP contribution < -0.4 is 0 Å². The third-order valence-electron chi connectivity index (χ3n) is 7.14. The van der Waals surface area contributed by atoms with E-state index in [2.05, 4.69) is 38.4 Å². The molecule has 4 fully saturated rings. The Morgan fingerprint density at radius 3 is 2.37 bits per heavy atom. The van der Waals surface area contributed by atoms with Crippen molar-refractivity contribution in [2.45, 2.75) is 96.2 Å². The summed E-state index contributed by atoms with van der Waals surface area (Å²) in [6.45, 7) is 11.1. The molecule has 4 rings (SSSR count). The number of nitriles is 1. The molecule has 1 amide bonds. The molecule has 4 aliphatic rings. The minimum atomic E-state index is -1.34. The molecule has 9 unspecified atom stereocenters. The van der Waals surface area contributed by atoms with Gasteiger partial charge >= 0.3 is 0 Å². The number of methoxy groups -OCH3 is 1. The maximum atomic E-state index is 13.3. The van der Waals surface area contributed by atoms with Crippen molar-refractivity contribution >= 4 is 14.4 Å². The van der Waals surface area contributed by atoms with Gasteiger partial charge in [-0.2, -0.15) is 5.26 Å². The van der Waals surface area contributed by atoms with E-state index in [9.17, 15) is 9.90 Å². The SMILES string of the molecule is COC1(C)OC2C(O1)C1OC2C2C(=O)N(CCCOP(OCCC#N)N(C(C)C)C(C)C)C(O)C12. The van der Waals surface area contributed by atoms with Gasteiger partial charge in [0.1, 0.15) is 18.4 Å². The second-order valence-electron chi connectivity index (χ2n) is 10.1. The van der Waals surface area contributed by atoms with E-state index in [1.807, 2.05) is 0 Å². The molecular formula is C23H38N3O8P. The molecule has 4 aliphatic heterocycles. The summed E-state index contributed by atoms with van der Waals surface area (Å²) < 4.78 is 37.4. The molecule has 0 aromatic rings. The Balaban J connectivity index is 1.32. The molecule has 198 valence electrons. The first-order valence-electron chi connectivity index (χ1n) is 12.4. The number of hydrogen-bond donors (Lipinski definition) is 1. The minimum absolute atomic E-state index is 0.124.